The molecule has 1 aliphatic heterocycles. The smallest absolute Gasteiger partial charge is 0.247 e. The highest BCUT2D eigenvalue weighted by Crippen LogP contribution is 2.46. The number of para-hydroxylation sites is 2. The predicted molar refractivity (Wildman–Crippen MR) is 153 cm³/mol. The molecule has 0 bridgehead atoms. The molecule has 3 aromatic rings. The second-order valence-corrected chi connectivity index (χ2v) is 11.4. The van der Waals surface area contributed by atoms with E-state index in [2.05, 4.69) is 5.32 Å². The first-order valence-electron chi connectivity index (χ1n) is 10.7. The van der Waals surface area contributed by atoms with Gasteiger partial charge >= 0.3 is 0 Å². The molecule has 1 amide bonds. The summed E-state index contributed by atoms with van der Waals surface area (Å²) in [5, 5.41) is 2.69. The predicted octanol–water partition coefficient (Wildman–Crippen LogP) is 6.92. The van der Waals surface area contributed by atoms with Gasteiger partial charge in [-0.3, -0.25) is 9.69 Å². The van der Waals surface area contributed by atoms with Crippen molar-refractivity contribution in [2.45, 2.75) is 24.3 Å². The number of nitrogens with one attached hydrogen (secondary N) is 1. The standard InChI is InChI=1S/C26H24N2O2S4/c1-16-8-4-6-10-20(16)27-25(31)33-22(18-12-14-19(30-3)15-13-18)23-24(29)28(26(32)34-23)21-11-7-5-9-17(21)2/h4-15,22-23H,1-3H3,(H,27,31)/t22-,23+/m0/s1. The van der Waals surface area contributed by atoms with Crippen molar-refractivity contribution in [2.24, 2.45) is 0 Å². The Bertz CT molecular complexity index is 1230. The Hall–Kier alpha value is -2.39. The number of benzene rings is 3. The fourth-order valence-electron chi connectivity index (χ4n) is 3.72. The van der Waals surface area contributed by atoms with Crippen molar-refractivity contribution in [2.75, 3.05) is 17.3 Å². The third kappa shape index (κ3) is 5.30. The zero-order chi connectivity index (χ0) is 24.2. The van der Waals surface area contributed by atoms with E-state index in [0.717, 1.165) is 33.8 Å². The Morgan fingerprint density at radius 3 is 2.32 bits per heavy atom. The summed E-state index contributed by atoms with van der Waals surface area (Å²) < 4.78 is 6.49. The fraction of sp³-hybridized carbons (Fsp3) is 0.192. The minimum Gasteiger partial charge on any atom is -0.497 e. The van der Waals surface area contributed by atoms with Gasteiger partial charge in [-0.1, -0.05) is 96.5 Å². The fourth-order valence-corrected chi connectivity index (χ4v) is 6.90. The largest absolute Gasteiger partial charge is 0.497 e. The number of aryl methyl sites for hydroxylation is 2. The molecule has 1 fully saturated rings. The summed E-state index contributed by atoms with van der Waals surface area (Å²) in [5.41, 5.74) is 4.87. The molecular formula is C26H24N2O2S4. The van der Waals surface area contributed by atoms with Crippen molar-refractivity contribution in [1.29, 1.82) is 0 Å². The highest BCUT2D eigenvalue weighted by atomic mass is 32.2. The van der Waals surface area contributed by atoms with Crippen molar-refractivity contribution < 1.29 is 9.53 Å². The van der Waals surface area contributed by atoms with Crippen LogP contribution in [0.25, 0.3) is 0 Å². The number of carbonyl (C=O) groups excluding carboxylic acids is 1. The van der Waals surface area contributed by atoms with Crippen LogP contribution in [0.2, 0.25) is 0 Å². The first-order valence-corrected chi connectivity index (χ1v) is 13.2. The number of anilines is 2. The number of nitrogens with zero attached hydrogens (tertiary/aromatic N) is 1. The first-order chi connectivity index (χ1) is 16.4. The quantitative estimate of drug-likeness (QED) is 0.351. The Balaban J connectivity index is 1.64. The molecule has 1 heterocycles. The number of hydrogen-bond donors (Lipinski definition) is 1. The van der Waals surface area contributed by atoms with E-state index < -0.39 is 5.25 Å². The normalized spacial score (nSPS) is 16.4. The van der Waals surface area contributed by atoms with Crippen LogP contribution in [-0.4, -0.2) is 26.9 Å². The first kappa shape index (κ1) is 24.7. The molecule has 0 aliphatic carbocycles. The molecule has 1 aliphatic rings. The minimum absolute atomic E-state index is 0.0312. The van der Waals surface area contributed by atoms with Crippen LogP contribution in [0.15, 0.2) is 72.8 Å². The van der Waals surface area contributed by atoms with E-state index in [1.165, 1.54) is 23.5 Å². The maximum Gasteiger partial charge on any atom is 0.247 e. The van der Waals surface area contributed by atoms with E-state index >= 15 is 0 Å². The van der Waals surface area contributed by atoms with Gasteiger partial charge in [0, 0.05) is 5.69 Å². The van der Waals surface area contributed by atoms with Crippen LogP contribution in [0.5, 0.6) is 5.75 Å². The second kappa shape index (κ2) is 10.9. The summed E-state index contributed by atoms with van der Waals surface area (Å²) in [4.78, 5) is 15.4. The molecule has 0 spiro atoms. The third-order valence-electron chi connectivity index (χ3n) is 5.57. The highest BCUT2D eigenvalue weighted by Gasteiger charge is 2.44. The van der Waals surface area contributed by atoms with Gasteiger partial charge in [0.05, 0.1) is 18.0 Å². The molecule has 1 saturated heterocycles. The number of ether oxygens (including phenoxy) is 1. The maximum atomic E-state index is 13.7. The zero-order valence-corrected chi connectivity index (χ0v) is 22.2. The molecule has 1 N–H and O–H groups in total. The summed E-state index contributed by atoms with van der Waals surface area (Å²) in [6.07, 6.45) is 0. The third-order valence-corrected chi connectivity index (χ3v) is 8.83. The zero-order valence-electron chi connectivity index (χ0n) is 19.0. The lowest BCUT2D eigenvalue weighted by Gasteiger charge is -2.23. The SMILES string of the molecule is COc1ccc([C@H](SC(=S)Nc2ccccc2C)[C@H]2SC(=S)N(c3ccccc3C)C2=O)cc1. The molecule has 3 aromatic carbocycles. The van der Waals surface area contributed by atoms with Crippen molar-refractivity contribution in [3.63, 3.8) is 0 Å². The molecule has 8 heteroatoms. The number of methoxy groups -OCH3 is 1. The van der Waals surface area contributed by atoms with Crippen LogP contribution in [0, 0.1) is 13.8 Å². The van der Waals surface area contributed by atoms with Gasteiger partial charge in [0.1, 0.15) is 19.6 Å². The van der Waals surface area contributed by atoms with Gasteiger partial charge in [-0.25, -0.2) is 0 Å². The van der Waals surface area contributed by atoms with Gasteiger partial charge in [0.25, 0.3) is 0 Å². The van der Waals surface area contributed by atoms with Crippen molar-refractivity contribution in [3.8, 4) is 5.75 Å². The molecule has 0 radical (unpaired) electrons. The van der Waals surface area contributed by atoms with E-state index in [1.54, 1.807) is 12.0 Å². The van der Waals surface area contributed by atoms with E-state index in [0.29, 0.717) is 8.64 Å². The van der Waals surface area contributed by atoms with Gasteiger partial charge < -0.3 is 10.1 Å². The summed E-state index contributed by atoms with van der Waals surface area (Å²) in [5.74, 6) is 0.729. The minimum atomic E-state index is -0.415. The molecule has 4 nitrogen and oxygen atoms in total. The van der Waals surface area contributed by atoms with Crippen LogP contribution in [0.3, 0.4) is 0 Å². The summed E-state index contributed by atoms with van der Waals surface area (Å²) in [6, 6.07) is 23.6. The van der Waals surface area contributed by atoms with Crippen molar-refractivity contribution >= 4 is 73.9 Å². The molecule has 0 unspecified atom stereocenters. The highest BCUT2D eigenvalue weighted by molar-refractivity contribution is 8.27. The van der Waals surface area contributed by atoms with Crippen LogP contribution < -0.4 is 15.0 Å². The maximum absolute atomic E-state index is 13.7. The lowest BCUT2D eigenvalue weighted by Crippen LogP contribution is -2.34. The van der Waals surface area contributed by atoms with Crippen LogP contribution in [0.1, 0.15) is 21.9 Å². The Kier molecular flexibility index (Phi) is 7.93. The molecular weight excluding hydrogens is 501 g/mol. The number of thioether (sulfide) groups is 2. The summed E-state index contributed by atoms with van der Waals surface area (Å²) in [7, 11) is 1.64. The Morgan fingerprint density at radius 1 is 1.03 bits per heavy atom. The van der Waals surface area contributed by atoms with Gasteiger partial charge in [-0.05, 0) is 54.8 Å². The molecule has 0 aromatic heterocycles. The van der Waals surface area contributed by atoms with Gasteiger partial charge in [-0.15, -0.1) is 0 Å². The van der Waals surface area contributed by atoms with Gasteiger partial charge in [0.15, 0.2) is 0 Å². The summed E-state index contributed by atoms with van der Waals surface area (Å²) >= 11 is 14.3. The van der Waals surface area contributed by atoms with Crippen molar-refractivity contribution in [1.82, 2.24) is 0 Å². The number of hydrogen-bond acceptors (Lipinski definition) is 6. The Morgan fingerprint density at radius 2 is 1.68 bits per heavy atom. The molecule has 174 valence electrons. The number of thiocarbonyl (C=S) groups is 2. The number of carbonyl (C=O) groups is 1. The average molecular weight is 525 g/mol. The second-order valence-electron chi connectivity index (χ2n) is 7.80. The van der Waals surface area contributed by atoms with E-state index in [4.69, 9.17) is 29.2 Å². The molecule has 4 rings (SSSR count). The van der Waals surface area contributed by atoms with Crippen LogP contribution >= 0.6 is 48.0 Å². The van der Waals surface area contributed by atoms with E-state index in [-0.39, 0.29) is 11.2 Å². The topological polar surface area (TPSA) is 41.6 Å². The van der Waals surface area contributed by atoms with Crippen molar-refractivity contribution in [3.05, 3.63) is 89.5 Å². The summed E-state index contributed by atoms with van der Waals surface area (Å²) in [6.45, 7) is 4.02. The number of rotatable bonds is 6. The van der Waals surface area contributed by atoms with E-state index in [1.807, 2.05) is 86.6 Å². The number of amides is 1. The lowest BCUT2D eigenvalue weighted by molar-refractivity contribution is -0.116. The molecule has 34 heavy (non-hydrogen) atoms. The Labute approximate surface area is 219 Å². The van der Waals surface area contributed by atoms with E-state index in [9.17, 15) is 4.79 Å². The molecule has 2 atom stereocenters. The monoisotopic (exact) mass is 524 g/mol. The van der Waals surface area contributed by atoms with Gasteiger partial charge in [0.2, 0.25) is 5.91 Å². The average Bonchev–Trinajstić information content (AvgIpc) is 3.13. The molecule has 0 saturated carbocycles. The van der Waals surface area contributed by atoms with Crippen LogP contribution in [-0.2, 0) is 4.79 Å². The van der Waals surface area contributed by atoms with Gasteiger partial charge in [-0.2, -0.15) is 0 Å². The van der Waals surface area contributed by atoms with Crippen LogP contribution in [0.4, 0.5) is 11.4 Å². The lowest BCUT2D eigenvalue weighted by atomic mass is 10.1.